The van der Waals surface area contributed by atoms with E-state index in [2.05, 4.69) is 38.2 Å². The van der Waals surface area contributed by atoms with Crippen LogP contribution in [0.25, 0.3) is 12.2 Å². The predicted octanol–water partition coefficient (Wildman–Crippen LogP) is 11.6. The third-order valence-electron chi connectivity index (χ3n) is 6.50. The summed E-state index contributed by atoms with van der Waals surface area (Å²) in [6.45, 7) is 10.2. The van der Waals surface area contributed by atoms with Crippen LogP contribution in [0.15, 0.2) is 124 Å². The van der Waals surface area contributed by atoms with Gasteiger partial charge in [-0.1, -0.05) is 111 Å². The van der Waals surface area contributed by atoms with Crippen molar-refractivity contribution in [2.24, 2.45) is 5.92 Å². The molecule has 0 radical (unpaired) electrons. The van der Waals surface area contributed by atoms with Gasteiger partial charge in [-0.2, -0.15) is 0 Å². The van der Waals surface area contributed by atoms with Crippen molar-refractivity contribution in [3.05, 3.63) is 142 Å². The van der Waals surface area contributed by atoms with E-state index in [-0.39, 0.29) is 0 Å². The van der Waals surface area contributed by atoms with E-state index in [1.165, 1.54) is 42.1 Å². The lowest BCUT2D eigenvalue weighted by Crippen LogP contribution is -1.93. The Kier molecular flexibility index (Phi) is 35.6. The van der Waals surface area contributed by atoms with Gasteiger partial charge in [0.25, 0.3) is 0 Å². The number of hydrogen-bond acceptors (Lipinski definition) is 8. The fraction of sp³-hybridized carbons (Fsp3) is 0.289. The summed E-state index contributed by atoms with van der Waals surface area (Å²) < 4.78 is 4.61. The normalized spacial score (nSPS) is 10.2. The van der Waals surface area contributed by atoms with Crippen LogP contribution in [0.4, 0.5) is 0 Å². The molecule has 1 unspecified atom stereocenters. The summed E-state index contributed by atoms with van der Waals surface area (Å²) in [5, 5.41) is 1.88. The molecule has 0 N–H and O–H groups in total. The molecule has 0 bridgehead atoms. The average molecular weight is 741 g/mol. The van der Waals surface area contributed by atoms with Crippen molar-refractivity contribution in [2.45, 2.75) is 79.6 Å². The largest absolute Gasteiger partial charge is 0.462 e. The van der Waals surface area contributed by atoms with Gasteiger partial charge in [-0.15, -0.1) is 11.3 Å². The maximum absolute atomic E-state index is 10.2. The van der Waals surface area contributed by atoms with Crippen molar-refractivity contribution in [3.8, 4) is 0 Å². The minimum absolute atomic E-state index is 0.375. The van der Waals surface area contributed by atoms with Crippen LogP contribution in [0.2, 0.25) is 0 Å². The Labute approximate surface area is 320 Å². The number of hydrogen-bond donors (Lipinski definition) is 0. The van der Waals surface area contributed by atoms with E-state index < -0.39 is 0 Å². The molecule has 0 aliphatic rings. The first kappa shape index (κ1) is 49.8. The van der Waals surface area contributed by atoms with Gasteiger partial charge in [0.15, 0.2) is 18.3 Å². The fourth-order valence-electron chi connectivity index (χ4n) is 3.69. The lowest BCUT2D eigenvalue weighted by Gasteiger charge is -2.03. The van der Waals surface area contributed by atoms with E-state index in [4.69, 9.17) is 0 Å². The number of rotatable bonds is 15. The van der Waals surface area contributed by atoms with Crippen LogP contribution in [0, 0.1) is 5.92 Å². The van der Waals surface area contributed by atoms with E-state index >= 15 is 0 Å². The number of thiophene rings is 1. The highest BCUT2D eigenvalue weighted by Gasteiger charge is 1.98. The summed E-state index contributed by atoms with van der Waals surface area (Å²) in [6, 6.07) is 26.4. The number of carbonyl (C=O) groups excluding carboxylic acids is 6. The Morgan fingerprint density at radius 3 is 1.81 bits per heavy atom. The average Bonchev–Trinajstić information content (AvgIpc) is 3.92. The second-order valence-corrected chi connectivity index (χ2v) is 12.6. The van der Waals surface area contributed by atoms with E-state index in [9.17, 15) is 28.8 Å². The SMILES string of the molecule is C/C(C=O)=C\c1ccccc1.CC(C)=CCCC(C)CC=O.CCCCCC=O.O=C/C=C/c1ccccc1.O=Cc1ccco1.O=Cc1cccs1. The number of benzene rings is 2. The van der Waals surface area contributed by atoms with Crippen LogP contribution < -0.4 is 0 Å². The molecule has 0 aliphatic carbocycles. The summed E-state index contributed by atoms with van der Waals surface area (Å²) >= 11 is 1.45. The molecule has 284 valence electrons. The minimum Gasteiger partial charge on any atom is -0.462 e. The van der Waals surface area contributed by atoms with Crippen molar-refractivity contribution in [1.82, 2.24) is 0 Å². The number of carbonyl (C=O) groups is 6. The molecule has 0 fully saturated rings. The maximum Gasteiger partial charge on any atom is 0.185 e. The smallest absolute Gasteiger partial charge is 0.185 e. The van der Waals surface area contributed by atoms with Crippen molar-refractivity contribution in [2.75, 3.05) is 0 Å². The first-order chi connectivity index (χ1) is 25.7. The second-order valence-electron chi connectivity index (χ2n) is 11.6. The standard InChI is InChI=1S/C10H10O.C10H18O.C9H8O.C6H12O.C5H4O2.C5H4OS/c1-9(8-11)7-10-5-3-2-4-6-10;1-9(2)5-4-6-10(3)7-8-11;10-8-4-7-9-5-2-1-3-6-9;1-2-3-4-5-6-7;2*6-4-5-2-1-3-7-5/h2-8H,1H3;5,8,10H,4,6-7H2,1-3H3;1-8H;6H,2-5H2,1H3;2*1-4H/b9-7+;;7-4+;;;. The van der Waals surface area contributed by atoms with E-state index in [1.807, 2.05) is 78.2 Å². The van der Waals surface area contributed by atoms with E-state index in [0.717, 1.165) is 78.7 Å². The highest BCUT2D eigenvalue weighted by Crippen LogP contribution is 2.10. The Morgan fingerprint density at radius 2 is 1.40 bits per heavy atom. The van der Waals surface area contributed by atoms with Crippen molar-refractivity contribution < 1.29 is 33.2 Å². The highest BCUT2D eigenvalue weighted by atomic mass is 32.1. The van der Waals surface area contributed by atoms with Crippen molar-refractivity contribution >= 4 is 61.2 Å². The van der Waals surface area contributed by atoms with Gasteiger partial charge in [-0.3, -0.25) is 19.2 Å². The molecule has 1 atom stereocenters. The summed E-state index contributed by atoms with van der Waals surface area (Å²) in [4.78, 5) is 60.4. The molecule has 53 heavy (non-hydrogen) atoms. The monoisotopic (exact) mass is 740 g/mol. The van der Waals surface area contributed by atoms with Crippen LogP contribution in [0.3, 0.4) is 0 Å². The molecule has 0 amide bonds. The molecule has 0 spiro atoms. The van der Waals surface area contributed by atoms with Gasteiger partial charge in [-0.05, 0) is 98.4 Å². The quantitative estimate of drug-likeness (QED) is 0.0515. The Morgan fingerprint density at radius 1 is 0.736 bits per heavy atom. The minimum atomic E-state index is 0.375. The number of aldehydes is 6. The third kappa shape index (κ3) is 34.9. The molecule has 4 aromatic rings. The molecule has 0 saturated heterocycles. The molecule has 2 heterocycles. The first-order valence-electron chi connectivity index (χ1n) is 17.5. The topological polar surface area (TPSA) is 116 Å². The molecular weight excluding hydrogens is 685 g/mol. The van der Waals surface area contributed by atoms with Crippen molar-refractivity contribution in [1.29, 1.82) is 0 Å². The van der Waals surface area contributed by atoms with Gasteiger partial charge in [0.1, 0.15) is 25.1 Å². The van der Waals surface area contributed by atoms with Gasteiger partial charge < -0.3 is 14.0 Å². The third-order valence-corrected chi connectivity index (χ3v) is 7.30. The lowest BCUT2D eigenvalue weighted by atomic mass is 10.0. The van der Waals surface area contributed by atoms with Crippen molar-refractivity contribution in [3.63, 3.8) is 0 Å². The Bertz CT molecular complexity index is 1490. The molecule has 0 saturated carbocycles. The summed E-state index contributed by atoms with van der Waals surface area (Å²) in [6.07, 6.45) is 21.1. The van der Waals surface area contributed by atoms with Gasteiger partial charge >= 0.3 is 0 Å². The van der Waals surface area contributed by atoms with Gasteiger partial charge in [0, 0.05) is 12.8 Å². The van der Waals surface area contributed by atoms with Crippen LogP contribution in [-0.2, 0) is 19.2 Å². The van der Waals surface area contributed by atoms with Crippen LogP contribution in [0.1, 0.15) is 111 Å². The summed E-state index contributed by atoms with van der Waals surface area (Å²) in [5.74, 6) is 0.920. The fourth-order valence-corrected chi connectivity index (χ4v) is 4.22. The van der Waals surface area contributed by atoms with E-state index in [0.29, 0.717) is 24.4 Å². The molecule has 8 heteroatoms. The molecule has 2 aromatic heterocycles. The Hall–Kier alpha value is -5.34. The molecule has 4 rings (SSSR count). The van der Waals surface area contributed by atoms with Gasteiger partial charge in [0.05, 0.1) is 11.1 Å². The highest BCUT2D eigenvalue weighted by molar-refractivity contribution is 7.11. The lowest BCUT2D eigenvalue weighted by molar-refractivity contribution is -0.109. The first-order valence-corrected chi connectivity index (χ1v) is 18.4. The Balaban J connectivity index is 0. The number of allylic oxidation sites excluding steroid dienone is 4. The second kappa shape index (κ2) is 37.9. The van der Waals surface area contributed by atoms with Crippen LogP contribution in [0.5, 0.6) is 0 Å². The van der Waals surface area contributed by atoms with Crippen LogP contribution >= 0.6 is 11.3 Å². The summed E-state index contributed by atoms with van der Waals surface area (Å²) in [7, 11) is 0. The van der Waals surface area contributed by atoms with E-state index in [1.54, 1.807) is 31.2 Å². The number of furan rings is 1. The van der Waals surface area contributed by atoms with Gasteiger partial charge in [-0.25, -0.2) is 0 Å². The molecule has 7 nitrogen and oxygen atoms in total. The molecule has 0 aliphatic heterocycles. The maximum atomic E-state index is 10.2. The number of unbranched alkanes of at least 4 members (excludes halogenated alkanes) is 3. The molecule has 2 aromatic carbocycles. The zero-order valence-electron chi connectivity index (χ0n) is 31.8. The zero-order chi connectivity index (χ0) is 39.8. The predicted molar refractivity (Wildman–Crippen MR) is 220 cm³/mol. The van der Waals surface area contributed by atoms with Crippen LogP contribution in [-0.4, -0.2) is 37.7 Å². The summed E-state index contributed by atoms with van der Waals surface area (Å²) in [5.41, 5.74) is 4.23. The van der Waals surface area contributed by atoms with Gasteiger partial charge in [0.2, 0.25) is 0 Å². The molecular formula is C45H56O7S. The zero-order valence-corrected chi connectivity index (χ0v) is 32.6.